The van der Waals surface area contributed by atoms with Crippen molar-refractivity contribution >= 4 is 39.3 Å². The van der Waals surface area contributed by atoms with Crippen molar-refractivity contribution in [2.75, 3.05) is 19.9 Å². The molecule has 0 fully saturated rings. The minimum absolute atomic E-state index is 0.159. The van der Waals surface area contributed by atoms with Gasteiger partial charge in [-0.1, -0.05) is 18.2 Å². The molecule has 0 saturated carbocycles. The van der Waals surface area contributed by atoms with Crippen LogP contribution in [-0.4, -0.2) is 51.2 Å². The van der Waals surface area contributed by atoms with E-state index in [0.717, 1.165) is 16.8 Å². The van der Waals surface area contributed by atoms with Gasteiger partial charge in [-0.05, 0) is 35.6 Å². The summed E-state index contributed by atoms with van der Waals surface area (Å²) in [6, 6.07) is 10.7. The molecule has 1 unspecified atom stereocenters. The Morgan fingerprint density at radius 3 is 2.60 bits per heavy atom. The van der Waals surface area contributed by atoms with Crippen LogP contribution in [0.4, 0.5) is 0 Å². The molecule has 8 nitrogen and oxygen atoms in total. The van der Waals surface area contributed by atoms with Gasteiger partial charge >= 0.3 is 0 Å². The second kappa shape index (κ2) is 9.33. The minimum atomic E-state index is -3.77. The highest BCUT2D eigenvalue weighted by molar-refractivity contribution is 7.88. The highest BCUT2D eigenvalue weighted by atomic mass is 32.2. The molecule has 3 rings (SSSR count). The van der Waals surface area contributed by atoms with Gasteiger partial charge in [0.2, 0.25) is 10.0 Å². The molecule has 2 heterocycles. The Kier molecular flexibility index (Phi) is 6.80. The number of rotatable bonds is 8. The summed E-state index contributed by atoms with van der Waals surface area (Å²) in [7, 11) is -2.19. The highest BCUT2D eigenvalue weighted by Gasteiger charge is 2.27. The molecule has 1 aliphatic heterocycles. The molecule has 1 aromatic carbocycles. The number of aliphatic imine (C=N–C) groups is 1. The van der Waals surface area contributed by atoms with E-state index >= 15 is 0 Å². The Balaban J connectivity index is 1.78. The van der Waals surface area contributed by atoms with Crippen molar-refractivity contribution in [3.8, 4) is 5.75 Å². The molecule has 0 spiro atoms. The van der Waals surface area contributed by atoms with Crippen LogP contribution in [-0.2, 0) is 14.8 Å². The molecule has 0 aliphatic carbocycles. The first-order valence-electron chi connectivity index (χ1n) is 8.99. The third kappa shape index (κ3) is 5.62. The van der Waals surface area contributed by atoms with E-state index in [4.69, 9.17) is 4.74 Å². The first-order chi connectivity index (χ1) is 14.3. The molecule has 1 N–H and O–H groups in total. The lowest BCUT2D eigenvalue weighted by molar-refractivity contribution is -0.128. The Morgan fingerprint density at radius 2 is 2.00 bits per heavy atom. The monoisotopic (exact) mass is 447 g/mol. The molecule has 2 aromatic rings. The molecule has 1 amide bonds. The standard InChI is InChI=1S/C20H21N3O5S2/c1-28-17-7-5-14(6-8-17)15-10-16(12-21-11-15)20(25)23(22-30(2,26)27)13-18(24)19-4-3-9-29-19/h3-9,11-12,15,22H,10,13H2,1-2H3. The van der Waals surface area contributed by atoms with Crippen molar-refractivity contribution in [1.29, 1.82) is 0 Å². The van der Waals surface area contributed by atoms with Gasteiger partial charge in [-0.15, -0.1) is 16.2 Å². The number of carbonyl (C=O) groups is 2. The fraction of sp³-hybridized carbons (Fsp3) is 0.250. The number of methoxy groups -OCH3 is 1. The number of carbonyl (C=O) groups excluding carboxylic acids is 2. The van der Waals surface area contributed by atoms with Crippen molar-refractivity contribution in [3.63, 3.8) is 0 Å². The molecule has 0 saturated heterocycles. The smallest absolute Gasteiger partial charge is 0.266 e. The summed E-state index contributed by atoms with van der Waals surface area (Å²) in [5, 5.41) is 2.57. The number of ketones is 1. The number of sulfonamides is 1. The number of thiophene rings is 1. The Morgan fingerprint density at radius 1 is 1.27 bits per heavy atom. The summed E-state index contributed by atoms with van der Waals surface area (Å²) in [5.41, 5.74) is 1.24. The van der Waals surface area contributed by atoms with Crippen LogP contribution in [0.5, 0.6) is 5.75 Å². The fourth-order valence-electron chi connectivity index (χ4n) is 2.95. The summed E-state index contributed by atoms with van der Waals surface area (Å²) < 4.78 is 28.7. The number of Topliss-reactive ketones (excluding diaryl/α,β-unsaturated/α-hetero) is 1. The molecular weight excluding hydrogens is 426 g/mol. The van der Waals surface area contributed by atoms with Crippen molar-refractivity contribution in [2.24, 2.45) is 4.99 Å². The van der Waals surface area contributed by atoms with Gasteiger partial charge in [-0.3, -0.25) is 19.6 Å². The molecule has 10 heteroatoms. The van der Waals surface area contributed by atoms with E-state index in [1.807, 2.05) is 24.3 Å². The van der Waals surface area contributed by atoms with E-state index in [1.165, 1.54) is 17.5 Å². The molecule has 30 heavy (non-hydrogen) atoms. The maximum Gasteiger partial charge on any atom is 0.266 e. The summed E-state index contributed by atoms with van der Waals surface area (Å²) in [5.74, 6) is -0.413. The molecular formula is C20H21N3O5S2. The van der Waals surface area contributed by atoms with Gasteiger partial charge in [0.1, 0.15) is 12.3 Å². The summed E-state index contributed by atoms with van der Waals surface area (Å²) in [6.45, 7) is -0.416. The van der Waals surface area contributed by atoms with Crippen LogP contribution in [0.25, 0.3) is 0 Å². The maximum absolute atomic E-state index is 13.0. The van der Waals surface area contributed by atoms with Crippen molar-refractivity contribution in [1.82, 2.24) is 9.84 Å². The Labute approximate surface area is 178 Å². The Hall–Kier alpha value is -2.82. The minimum Gasteiger partial charge on any atom is -0.497 e. The van der Waals surface area contributed by atoms with Crippen LogP contribution < -0.4 is 9.57 Å². The SMILES string of the molecule is COc1ccc(C2C=NC=C(C(=O)N(CC(=O)c3cccs3)NS(C)(=O)=O)C2)cc1. The Bertz CT molecular complexity index is 1070. The number of hydrogen-bond acceptors (Lipinski definition) is 7. The number of nitrogens with one attached hydrogen (secondary N) is 1. The maximum atomic E-state index is 13.0. The number of hydrazine groups is 1. The molecule has 0 radical (unpaired) electrons. The van der Waals surface area contributed by atoms with Crippen LogP contribution in [0.1, 0.15) is 27.6 Å². The quantitative estimate of drug-likeness (QED) is 0.494. The molecule has 1 aliphatic rings. The third-order valence-electron chi connectivity index (χ3n) is 4.37. The summed E-state index contributed by atoms with van der Waals surface area (Å²) in [6.07, 6.45) is 4.37. The predicted octanol–water partition coefficient (Wildman–Crippen LogP) is 2.37. The topological polar surface area (TPSA) is 105 Å². The van der Waals surface area contributed by atoms with Crippen molar-refractivity contribution in [3.05, 3.63) is 64.0 Å². The largest absolute Gasteiger partial charge is 0.497 e. The summed E-state index contributed by atoms with van der Waals surface area (Å²) in [4.78, 5) is 32.3. The van der Waals surface area contributed by atoms with E-state index in [9.17, 15) is 18.0 Å². The zero-order valence-corrected chi connectivity index (χ0v) is 18.1. The highest BCUT2D eigenvalue weighted by Crippen LogP contribution is 2.27. The fourth-order valence-corrected chi connectivity index (χ4v) is 4.16. The van der Waals surface area contributed by atoms with E-state index in [1.54, 1.807) is 30.8 Å². The number of ether oxygens (including phenoxy) is 1. The zero-order valence-electron chi connectivity index (χ0n) is 16.4. The van der Waals surface area contributed by atoms with E-state index in [0.29, 0.717) is 22.6 Å². The van der Waals surface area contributed by atoms with Crippen molar-refractivity contribution < 1.29 is 22.7 Å². The molecule has 1 aromatic heterocycles. The first-order valence-corrected chi connectivity index (χ1v) is 11.8. The van der Waals surface area contributed by atoms with Crippen LogP contribution >= 0.6 is 11.3 Å². The van der Waals surface area contributed by atoms with Crippen LogP contribution in [0.3, 0.4) is 0 Å². The number of amides is 1. The number of benzene rings is 1. The predicted molar refractivity (Wildman–Crippen MR) is 115 cm³/mol. The average Bonchev–Trinajstić information content (AvgIpc) is 3.27. The second-order valence-corrected chi connectivity index (χ2v) is 9.37. The lowest BCUT2D eigenvalue weighted by Gasteiger charge is -2.25. The first kappa shape index (κ1) is 21.9. The van der Waals surface area contributed by atoms with Gasteiger partial charge in [0.25, 0.3) is 5.91 Å². The van der Waals surface area contributed by atoms with Gasteiger partial charge in [0.05, 0.1) is 18.2 Å². The summed E-state index contributed by atoms with van der Waals surface area (Å²) >= 11 is 1.23. The van der Waals surface area contributed by atoms with Crippen molar-refractivity contribution in [2.45, 2.75) is 12.3 Å². The number of nitrogens with zero attached hydrogens (tertiary/aromatic N) is 2. The zero-order chi connectivity index (χ0) is 21.7. The normalized spacial score (nSPS) is 16.1. The van der Waals surface area contributed by atoms with Gasteiger partial charge in [0, 0.05) is 23.9 Å². The molecule has 158 valence electrons. The second-order valence-electron chi connectivity index (χ2n) is 6.69. The molecule has 0 bridgehead atoms. The lowest BCUT2D eigenvalue weighted by atomic mass is 9.91. The lowest BCUT2D eigenvalue weighted by Crippen LogP contribution is -2.48. The van der Waals surface area contributed by atoms with Crippen LogP contribution in [0.15, 0.2) is 58.5 Å². The van der Waals surface area contributed by atoms with Crippen LogP contribution in [0, 0.1) is 0 Å². The van der Waals surface area contributed by atoms with E-state index in [-0.39, 0.29) is 11.7 Å². The van der Waals surface area contributed by atoms with Gasteiger partial charge < -0.3 is 4.74 Å². The average molecular weight is 448 g/mol. The van der Waals surface area contributed by atoms with Gasteiger partial charge in [-0.25, -0.2) is 8.42 Å². The number of hydrogen-bond donors (Lipinski definition) is 1. The third-order valence-corrected chi connectivity index (χ3v) is 5.84. The van der Waals surface area contributed by atoms with E-state index < -0.39 is 22.5 Å². The van der Waals surface area contributed by atoms with Crippen LogP contribution in [0.2, 0.25) is 0 Å². The molecule has 1 atom stereocenters. The van der Waals surface area contributed by atoms with E-state index in [2.05, 4.69) is 9.82 Å². The van der Waals surface area contributed by atoms with Gasteiger partial charge in [-0.2, -0.15) is 0 Å². The van der Waals surface area contributed by atoms with Gasteiger partial charge in [0.15, 0.2) is 5.78 Å².